The molecule has 4 N–H and O–H groups in total. The standard InChI is InChI=1S/C8H10N4OS/c9-12-8(14)11-7(13)5-6-3-1-2-4-10-6/h1-4H,5,9H2,(H2,11,12,13,14). The molecule has 0 aliphatic heterocycles. The SMILES string of the molecule is NNC(=S)NC(=O)Cc1ccccn1. The molecule has 0 atom stereocenters. The van der Waals surface area contributed by atoms with Gasteiger partial charge in [-0.05, 0) is 24.4 Å². The van der Waals surface area contributed by atoms with Crippen LogP contribution in [-0.4, -0.2) is 16.0 Å². The Kier molecular flexibility index (Phi) is 3.96. The Morgan fingerprint density at radius 1 is 1.57 bits per heavy atom. The lowest BCUT2D eigenvalue weighted by atomic mass is 10.2. The Labute approximate surface area is 86.7 Å². The summed E-state index contributed by atoms with van der Waals surface area (Å²) in [7, 11) is 0. The number of nitrogens with one attached hydrogen (secondary N) is 2. The topological polar surface area (TPSA) is 80.0 Å². The quantitative estimate of drug-likeness (QED) is 0.348. The van der Waals surface area contributed by atoms with Crippen LogP contribution in [0.15, 0.2) is 24.4 Å². The zero-order valence-electron chi connectivity index (χ0n) is 7.36. The van der Waals surface area contributed by atoms with Gasteiger partial charge in [0.25, 0.3) is 0 Å². The second kappa shape index (κ2) is 5.25. The fourth-order valence-corrected chi connectivity index (χ4v) is 0.988. The van der Waals surface area contributed by atoms with E-state index in [4.69, 9.17) is 5.84 Å². The minimum atomic E-state index is -0.244. The number of hydrogen-bond acceptors (Lipinski definition) is 4. The molecule has 0 aliphatic carbocycles. The van der Waals surface area contributed by atoms with Crippen LogP contribution in [-0.2, 0) is 11.2 Å². The van der Waals surface area contributed by atoms with Crippen LogP contribution in [0, 0.1) is 0 Å². The highest BCUT2D eigenvalue weighted by molar-refractivity contribution is 7.80. The third-order valence-electron chi connectivity index (χ3n) is 1.45. The molecular formula is C8H10N4OS. The van der Waals surface area contributed by atoms with Gasteiger partial charge in [-0.2, -0.15) is 0 Å². The first-order valence-corrected chi connectivity index (χ1v) is 4.33. The van der Waals surface area contributed by atoms with Gasteiger partial charge < -0.3 is 10.7 Å². The molecule has 0 unspecified atom stereocenters. The minimum Gasteiger partial charge on any atom is -0.302 e. The predicted octanol–water partition coefficient (Wildman–Crippen LogP) is -0.511. The van der Waals surface area contributed by atoms with E-state index in [1.807, 2.05) is 6.07 Å². The van der Waals surface area contributed by atoms with Crippen molar-refractivity contribution in [1.82, 2.24) is 15.7 Å². The van der Waals surface area contributed by atoms with Crippen molar-refractivity contribution in [2.45, 2.75) is 6.42 Å². The number of aromatic nitrogens is 1. The molecule has 1 aromatic heterocycles. The van der Waals surface area contributed by atoms with Gasteiger partial charge in [0, 0.05) is 11.9 Å². The van der Waals surface area contributed by atoms with Crippen LogP contribution in [0.2, 0.25) is 0 Å². The van der Waals surface area contributed by atoms with E-state index < -0.39 is 0 Å². The summed E-state index contributed by atoms with van der Waals surface area (Å²) in [5.41, 5.74) is 2.85. The predicted molar refractivity (Wildman–Crippen MR) is 56.0 cm³/mol. The fourth-order valence-electron chi connectivity index (χ4n) is 0.874. The van der Waals surface area contributed by atoms with Crippen molar-refractivity contribution in [2.24, 2.45) is 5.84 Å². The van der Waals surface area contributed by atoms with Gasteiger partial charge >= 0.3 is 0 Å². The third-order valence-corrected chi connectivity index (χ3v) is 1.67. The van der Waals surface area contributed by atoms with Gasteiger partial charge in [-0.1, -0.05) is 6.07 Å². The number of amides is 1. The molecule has 5 nitrogen and oxygen atoms in total. The maximum Gasteiger partial charge on any atom is 0.232 e. The van der Waals surface area contributed by atoms with Crippen molar-refractivity contribution in [3.8, 4) is 0 Å². The Balaban J connectivity index is 2.46. The maximum atomic E-state index is 11.2. The molecular weight excluding hydrogens is 200 g/mol. The van der Waals surface area contributed by atoms with Crippen LogP contribution >= 0.6 is 12.2 Å². The first kappa shape index (κ1) is 10.6. The van der Waals surface area contributed by atoms with Crippen molar-refractivity contribution in [2.75, 3.05) is 0 Å². The van der Waals surface area contributed by atoms with Gasteiger partial charge in [-0.15, -0.1) is 0 Å². The van der Waals surface area contributed by atoms with Crippen LogP contribution in [0.3, 0.4) is 0 Å². The zero-order valence-corrected chi connectivity index (χ0v) is 8.17. The number of pyridine rings is 1. The molecule has 0 bridgehead atoms. The molecule has 0 aromatic carbocycles. The lowest BCUT2D eigenvalue weighted by Crippen LogP contribution is -2.43. The van der Waals surface area contributed by atoms with E-state index in [1.165, 1.54) is 0 Å². The van der Waals surface area contributed by atoms with Crippen molar-refractivity contribution in [3.05, 3.63) is 30.1 Å². The molecule has 74 valence electrons. The van der Waals surface area contributed by atoms with E-state index in [2.05, 4.69) is 27.9 Å². The molecule has 1 heterocycles. The van der Waals surface area contributed by atoms with E-state index >= 15 is 0 Å². The van der Waals surface area contributed by atoms with E-state index in [0.717, 1.165) is 0 Å². The van der Waals surface area contributed by atoms with Gasteiger partial charge in [0.15, 0.2) is 5.11 Å². The minimum absolute atomic E-state index is 0.103. The second-order valence-corrected chi connectivity index (χ2v) is 2.93. The number of thiocarbonyl (C=S) groups is 1. The molecule has 0 radical (unpaired) electrons. The fraction of sp³-hybridized carbons (Fsp3) is 0.125. The maximum absolute atomic E-state index is 11.2. The number of nitrogens with zero attached hydrogens (tertiary/aromatic N) is 1. The highest BCUT2D eigenvalue weighted by atomic mass is 32.1. The zero-order chi connectivity index (χ0) is 10.4. The molecule has 1 aromatic rings. The average molecular weight is 210 g/mol. The van der Waals surface area contributed by atoms with E-state index in [0.29, 0.717) is 5.69 Å². The summed E-state index contributed by atoms with van der Waals surface area (Å²) in [5.74, 6) is 4.75. The van der Waals surface area contributed by atoms with Crippen molar-refractivity contribution >= 4 is 23.2 Å². The third kappa shape index (κ3) is 3.46. The monoisotopic (exact) mass is 210 g/mol. The van der Waals surface area contributed by atoms with Crippen LogP contribution in [0.5, 0.6) is 0 Å². The number of rotatable bonds is 2. The molecule has 14 heavy (non-hydrogen) atoms. The molecule has 6 heteroatoms. The van der Waals surface area contributed by atoms with Gasteiger partial charge in [0.1, 0.15) is 0 Å². The van der Waals surface area contributed by atoms with Crippen LogP contribution in [0.1, 0.15) is 5.69 Å². The van der Waals surface area contributed by atoms with Gasteiger partial charge in [-0.3, -0.25) is 9.78 Å². The lowest BCUT2D eigenvalue weighted by molar-refractivity contribution is -0.119. The van der Waals surface area contributed by atoms with Gasteiger partial charge in [-0.25, -0.2) is 5.84 Å². The molecule has 0 aliphatic rings. The summed E-state index contributed by atoms with van der Waals surface area (Å²) in [6, 6.07) is 5.36. The average Bonchev–Trinajstić information content (AvgIpc) is 2.19. The van der Waals surface area contributed by atoms with Crippen molar-refractivity contribution in [3.63, 3.8) is 0 Å². The first-order valence-electron chi connectivity index (χ1n) is 3.92. The molecule has 0 spiro atoms. The van der Waals surface area contributed by atoms with E-state index in [9.17, 15) is 4.79 Å². The van der Waals surface area contributed by atoms with Gasteiger partial charge in [0.2, 0.25) is 5.91 Å². The Morgan fingerprint density at radius 3 is 2.93 bits per heavy atom. The van der Waals surface area contributed by atoms with Crippen LogP contribution in [0.25, 0.3) is 0 Å². The van der Waals surface area contributed by atoms with Gasteiger partial charge in [0.05, 0.1) is 6.42 Å². The van der Waals surface area contributed by atoms with E-state index in [1.54, 1.807) is 18.3 Å². The summed E-state index contributed by atoms with van der Waals surface area (Å²) < 4.78 is 0. The Bertz CT molecular complexity index is 327. The number of carbonyl (C=O) groups excluding carboxylic acids is 1. The van der Waals surface area contributed by atoms with Crippen molar-refractivity contribution < 1.29 is 4.79 Å². The summed E-state index contributed by atoms with van der Waals surface area (Å²) in [6.45, 7) is 0. The molecule has 1 rings (SSSR count). The van der Waals surface area contributed by atoms with Crippen LogP contribution < -0.4 is 16.6 Å². The molecule has 0 fully saturated rings. The summed E-state index contributed by atoms with van der Waals surface area (Å²) in [5, 5.41) is 2.50. The summed E-state index contributed by atoms with van der Waals surface area (Å²) in [4.78, 5) is 15.2. The largest absolute Gasteiger partial charge is 0.302 e. The number of nitrogens with two attached hydrogens (primary N) is 1. The first-order chi connectivity index (χ1) is 6.72. The number of hydrogen-bond donors (Lipinski definition) is 3. The Hall–Kier alpha value is -1.53. The summed E-state index contributed by atoms with van der Waals surface area (Å²) in [6.07, 6.45) is 1.81. The number of hydrazine groups is 1. The second-order valence-electron chi connectivity index (χ2n) is 2.52. The van der Waals surface area contributed by atoms with E-state index in [-0.39, 0.29) is 17.4 Å². The molecule has 1 amide bonds. The molecule has 0 saturated carbocycles. The number of carbonyl (C=O) groups is 1. The van der Waals surface area contributed by atoms with Crippen molar-refractivity contribution in [1.29, 1.82) is 0 Å². The Morgan fingerprint density at radius 2 is 2.36 bits per heavy atom. The summed E-state index contributed by atoms with van der Waals surface area (Å²) >= 11 is 4.66. The molecule has 0 saturated heterocycles. The highest BCUT2D eigenvalue weighted by Crippen LogP contribution is 1.93. The van der Waals surface area contributed by atoms with Crippen LogP contribution in [0.4, 0.5) is 0 Å². The lowest BCUT2D eigenvalue weighted by Gasteiger charge is -2.04. The smallest absolute Gasteiger partial charge is 0.232 e. The highest BCUT2D eigenvalue weighted by Gasteiger charge is 2.04. The normalized spacial score (nSPS) is 9.21.